The third kappa shape index (κ3) is 24.7. The highest BCUT2D eigenvalue weighted by molar-refractivity contribution is 5.94. The SMILES string of the molecule is COC(=O)c1ccc(-c2nn(-c3ccccc3)c(N)c2-c2ccc(C)cc2)cc1.COC(=O)c1ccc(-c2nn(-c3ccccc3)cc2-c2ccc(C)cc2)cc1.COC(=O)c1ccc(/C=N/Nc2ccccc2)cc1.COC(=O)c1ccc(C(N=Nc2ccccc2)C(C[N+](=O)[O-])c2ccc(C)cc2)cc1.Cc1ccc(/C=C/[N+](=O)[O-])cc1. The molecular weight excluding hydrogens is 1500 g/mol. The van der Waals surface area contributed by atoms with Crippen LogP contribution in [0.5, 0.6) is 0 Å². The van der Waals surface area contributed by atoms with Crippen LogP contribution >= 0.6 is 0 Å². The highest BCUT2D eigenvalue weighted by Gasteiger charge is 2.30. The zero-order valence-electron chi connectivity index (χ0n) is 66.7. The normalized spacial score (nSPS) is 11.2. The molecule has 598 valence electrons. The molecule has 0 fully saturated rings. The second-order valence-corrected chi connectivity index (χ2v) is 26.9. The van der Waals surface area contributed by atoms with E-state index in [2.05, 4.69) is 68.8 Å². The van der Waals surface area contributed by atoms with Crippen LogP contribution in [-0.4, -0.2) is 94.5 Å². The largest absolute Gasteiger partial charge is 0.465 e. The van der Waals surface area contributed by atoms with Crippen LogP contribution in [0.2, 0.25) is 0 Å². The number of nitrogens with zero attached hydrogens (tertiary/aromatic N) is 9. The van der Waals surface area contributed by atoms with E-state index in [4.69, 9.17) is 30.1 Å². The van der Waals surface area contributed by atoms with E-state index < -0.39 is 22.9 Å². The topological polar surface area (TPSA) is 302 Å². The fraction of sp³-hybridized carbons (Fsp3) is 0.115. The molecule has 2 atom stereocenters. The van der Waals surface area contributed by atoms with E-state index in [0.29, 0.717) is 33.8 Å². The minimum atomic E-state index is -0.611. The lowest BCUT2D eigenvalue weighted by Gasteiger charge is -2.21. The van der Waals surface area contributed by atoms with E-state index in [1.807, 2.05) is 250 Å². The molecule has 0 aliphatic rings. The first-order chi connectivity index (χ1) is 57.7. The minimum absolute atomic E-state index is 0.305. The van der Waals surface area contributed by atoms with Gasteiger partial charge in [-0.3, -0.25) is 25.7 Å². The number of para-hydroxylation sites is 3. The molecule has 0 spiro atoms. The van der Waals surface area contributed by atoms with Crippen LogP contribution in [0.3, 0.4) is 0 Å². The van der Waals surface area contributed by atoms with Crippen LogP contribution in [0.15, 0.2) is 343 Å². The fourth-order valence-corrected chi connectivity index (χ4v) is 12.1. The molecular formula is C96H87N11O12. The number of methoxy groups -OCH3 is 4. The number of azo groups is 1. The fourth-order valence-electron chi connectivity index (χ4n) is 12.1. The van der Waals surface area contributed by atoms with Crippen LogP contribution in [0.25, 0.3) is 62.2 Å². The molecule has 2 aromatic heterocycles. The van der Waals surface area contributed by atoms with E-state index in [1.54, 1.807) is 71.6 Å². The van der Waals surface area contributed by atoms with Crippen molar-refractivity contribution in [3.05, 3.63) is 415 Å². The maximum Gasteiger partial charge on any atom is 0.337 e. The first kappa shape index (κ1) is 85.8. The second-order valence-electron chi connectivity index (χ2n) is 26.9. The molecule has 119 heavy (non-hydrogen) atoms. The lowest BCUT2D eigenvalue weighted by atomic mass is 9.87. The Bertz CT molecular complexity index is 5760. The van der Waals surface area contributed by atoms with Crippen molar-refractivity contribution < 1.29 is 48.0 Å². The molecule has 2 unspecified atom stereocenters. The quantitative estimate of drug-likeness (QED) is 0.0159. The van der Waals surface area contributed by atoms with Crippen LogP contribution in [0.1, 0.15) is 97.9 Å². The maximum atomic E-state index is 11.8. The minimum Gasteiger partial charge on any atom is -0.465 e. The second kappa shape index (κ2) is 43.0. The Balaban J connectivity index is 0.000000161. The Morgan fingerprint density at radius 1 is 0.454 bits per heavy atom. The first-order valence-corrected chi connectivity index (χ1v) is 37.5. The summed E-state index contributed by atoms with van der Waals surface area (Å²) in [5.74, 6) is -1.48. The van der Waals surface area contributed by atoms with Gasteiger partial charge in [0, 0.05) is 33.9 Å². The standard InChI is InChI=1S/C24H23N3O4.C24H21N3O2.C24H20N2O2.C15H14N2O2.C9H9NO2/c1-17-8-10-18(11-9-17)22(16-27(29)30)23(26-25-21-6-4-3-5-7-21)19-12-14-20(15-13-19)24(28)31-2;1-16-8-10-17(11-9-16)21-22(18-12-14-19(15-13-18)24(28)29-2)26-27(23(21)25)20-6-4-3-5-7-20;1-17-8-10-18(11-9-17)22-16-26(21-6-4-3-5-7-21)25-23(22)19-12-14-20(15-13-19)24(27)28-2;1-19-15(18)13-9-7-12(8-10-13)11-16-17-14-5-3-2-4-6-14;1-8-2-4-9(5-3-8)6-7-10(11)12/h3-15,22-23H,16H2,1-2H3;3-15H,25H2,1-2H3;3-16H,1-2H3;2-11,17H,1H3;2-7H,1H3/b;;;16-11+;7-6+. The lowest BCUT2D eigenvalue weighted by molar-refractivity contribution is -0.484. The van der Waals surface area contributed by atoms with E-state index in [1.165, 1.54) is 45.6 Å². The number of carbonyl (C=O) groups excluding carboxylic acids is 4. The van der Waals surface area contributed by atoms with Gasteiger partial charge in [-0.15, -0.1) is 0 Å². The molecule has 0 amide bonds. The van der Waals surface area contributed by atoms with Crippen molar-refractivity contribution in [1.82, 2.24) is 19.6 Å². The van der Waals surface area contributed by atoms with E-state index in [-0.39, 0.29) is 29.4 Å². The smallest absolute Gasteiger partial charge is 0.337 e. The summed E-state index contributed by atoms with van der Waals surface area (Å²) in [5.41, 5.74) is 30.1. The molecule has 23 nitrogen and oxygen atoms in total. The molecule has 14 aromatic rings. The number of nitro groups is 2. The number of anilines is 2. The van der Waals surface area contributed by atoms with Crippen LogP contribution in [0, 0.1) is 47.9 Å². The zero-order valence-corrected chi connectivity index (χ0v) is 66.7. The van der Waals surface area contributed by atoms with Gasteiger partial charge in [-0.05, 0) is 158 Å². The van der Waals surface area contributed by atoms with Crippen molar-refractivity contribution in [3.8, 4) is 56.1 Å². The van der Waals surface area contributed by atoms with Crippen LogP contribution < -0.4 is 11.2 Å². The van der Waals surface area contributed by atoms with Gasteiger partial charge in [-0.25, -0.2) is 28.5 Å². The van der Waals surface area contributed by atoms with E-state index in [9.17, 15) is 39.4 Å². The lowest BCUT2D eigenvalue weighted by Crippen LogP contribution is -2.19. The van der Waals surface area contributed by atoms with Gasteiger partial charge in [0.25, 0.3) is 0 Å². The summed E-state index contributed by atoms with van der Waals surface area (Å²) in [6, 6.07) is 98.1. The Morgan fingerprint density at radius 3 is 1.32 bits per heavy atom. The molecule has 0 saturated heterocycles. The Hall–Kier alpha value is -15.7. The van der Waals surface area contributed by atoms with Gasteiger partial charge in [0.1, 0.15) is 23.2 Å². The number of nitrogen functional groups attached to an aromatic ring is 1. The van der Waals surface area contributed by atoms with Gasteiger partial charge in [-0.1, -0.05) is 241 Å². The van der Waals surface area contributed by atoms with Crippen molar-refractivity contribution in [2.45, 2.75) is 39.7 Å². The molecule has 23 heteroatoms. The summed E-state index contributed by atoms with van der Waals surface area (Å²) in [4.78, 5) is 67.2. The highest BCUT2D eigenvalue weighted by atomic mass is 16.6. The van der Waals surface area contributed by atoms with E-state index >= 15 is 0 Å². The number of nitrogens with one attached hydrogen (secondary N) is 1. The van der Waals surface area contributed by atoms with Crippen LogP contribution in [0.4, 0.5) is 17.2 Å². The number of esters is 4. The summed E-state index contributed by atoms with van der Waals surface area (Å²) < 4.78 is 22.6. The predicted octanol–water partition coefficient (Wildman–Crippen LogP) is 21.0. The summed E-state index contributed by atoms with van der Waals surface area (Å²) in [6.07, 6.45) is 6.14. The number of hydrogen-bond acceptors (Lipinski definition) is 19. The Kier molecular flexibility index (Phi) is 31.0. The Morgan fingerprint density at radius 2 is 0.849 bits per heavy atom. The maximum absolute atomic E-state index is 11.8. The van der Waals surface area contributed by atoms with Gasteiger partial charge in [0.2, 0.25) is 12.7 Å². The zero-order chi connectivity index (χ0) is 84.6. The third-order valence-electron chi connectivity index (χ3n) is 18.5. The van der Waals surface area contributed by atoms with Gasteiger partial charge in [-0.2, -0.15) is 25.5 Å². The summed E-state index contributed by atoms with van der Waals surface area (Å²) in [7, 11) is 5.43. The molecule has 0 bridgehead atoms. The predicted molar refractivity (Wildman–Crippen MR) is 465 cm³/mol. The number of nitrogens with two attached hydrogens (primary N) is 1. The number of benzene rings is 12. The summed E-state index contributed by atoms with van der Waals surface area (Å²) in [5, 5.41) is 44.1. The highest BCUT2D eigenvalue weighted by Crippen LogP contribution is 2.40. The number of aryl methyl sites for hydroxylation is 4. The van der Waals surface area contributed by atoms with Gasteiger partial charge < -0.3 is 24.7 Å². The number of hydrazone groups is 1. The summed E-state index contributed by atoms with van der Waals surface area (Å²) in [6.45, 7) is 7.75. The average molecular weight is 1590 g/mol. The number of hydrogen-bond donors (Lipinski definition) is 2. The average Bonchev–Trinajstić information content (AvgIpc) is 1.65. The molecule has 14 rings (SSSR count). The molecule has 0 aliphatic carbocycles. The van der Waals surface area contributed by atoms with Gasteiger partial charge in [0.05, 0.1) is 96.1 Å². The molecule has 2 heterocycles. The molecule has 0 aliphatic heterocycles. The van der Waals surface area contributed by atoms with Crippen molar-refractivity contribution in [2.75, 3.05) is 46.1 Å². The van der Waals surface area contributed by atoms with Crippen molar-refractivity contribution in [3.63, 3.8) is 0 Å². The van der Waals surface area contributed by atoms with Gasteiger partial charge in [0.15, 0.2) is 0 Å². The molecule has 3 N–H and O–H groups in total. The summed E-state index contributed by atoms with van der Waals surface area (Å²) >= 11 is 0. The third-order valence-corrected chi connectivity index (χ3v) is 18.5. The van der Waals surface area contributed by atoms with E-state index in [0.717, 1.165) is 101 Å². The number of ether oxygens (including phenoxy) is 4. The number of carbonyl (C=O) groups is 4. The number of aromatic nitrogens is 4. The van der Waals surface area contributed by atoms with Crippen molar-refractivity contribution >= 4 is 53.4 Å². The molecule has 0 saturated carbocycles. The Labute approximate surface area is 689 Å². The van der Waals surface area contributed by atoms with Crippen LogP contribution in [-0.2, 0) is 18.9 Å². The van der Waals surface area contributed by atoms with Crippen molar-refractivity contribution in [1.29, 1.82) is 0 Å². The monoisotopic (exact) mass is 1590 g/mol. The number of rotatable bonds is 22. The first-order valence-electron chi connectivity index (χ1n) is 37.5. The molecule has 0 radical (unpaired) electrons. The van der Waals surface area contributed by atoms with Gasteiger partial charge >= 0.3 is 23.9 Å². The molecule has 12 aromatic carbocycles. The van der Waals surface area contributed by atoms with Crippen molar-refractivity contribution in [2.24, 2.45) is 15.3 Å².